The average Bonchev–Trinajstić information content (AvgIpc) is 2.95. The predicted molar refractivity (Wildman–Crippen MR) is 90.4 cm³/mol. The Morgan fingerprint density at radius 1 is 1.14 bits per heavy atom. The highest BCUT2D eigenvalue weighted by molar-refractivity contribution is 5.19. The zero-order valence-corrected chi connectivity index (χ0v) is 14.2. The summed E-state index contributed by atoms with van der Waals surface area (Å²) in [6.45, 7) is 8.37. The molecular formula is C18H28N4. The lowest BCUT2D eigenvalue weighted by molar-refractivity contribution is 0.207. The molecule has 0 unspecified atom stereocenters. The van der Waals surface area contributed by atoms with E-state index in [1.807, 2.05) is 4.68 Å². The molecule has 2 aromatic rings. The van der Waals surface area contributed by atoms with Crippen molar-refractivity contribution in [3.05, 3.63) is 48.0 Å². The van der Waals surface area contributed by atoms with Gasteiger partial charge in [-0.2, -0.15) is 5.10 Å². The fourth-order valence-electron chi connectivity index (χ4n) is 2.82. The van der Waals surface area contributed by atoms with Gasteiger partial charge in [0.2, 0.25) is 0 Å². The third-order valence-corrected chi connectivity index (χ3v) is 4.12. The minimum atomic E-state index is 0.422. The van der Waals surface area contributed by atoms with Gasteiger partial charge in [-0.3, -0.25) is 4.90 Å². The fraction of sp³-hybridized carbons (Fsp3) is 0.556. The Labute approximate surface area is 134 Å². The van der Waals surface area contributed by atoms with Gasteiger partial charge in [-0.1, -0.05) is 44.2 Å². The summed E-state index contributed by atoms with van der Waals surface area (Å²) in [7, 11) is 2.19. The normalized spacial score (nSPS) is 13.0. The Hall–Kier alpha value is -1.68. The van der Waals surface area contributed by atoms with Crippen LogP contribution in [-0.4, -0.2) is 26.7 Å². The first kappa shape index (κ1) is 16.7. The highest BCUT2D eigenvalue weighted by Crippen LogP contribution is 2.27. The molecule has 0 radical (unpaired) electrons. The molecule has 1 aromatic heterocycles. The van der Waals surface area contributed by atoms with E-state index in [-0.39, 0.29) is 0 Å². The van der Waals surface area contributed by atoms with Gasteiger partial charge in [-0.05, 0) is 38.3 Å². The van der Waals surface area contributed by atoms with E-state index in [9.17, 15) is 0 Å². The molecule has 120 valence electrons. The number of nitrogens with zero attached hydrogens (tertiary/aromatic N) is 4. The molecule has 0 spiro atoms. The zero-order valence-electron chi connectivity index (χ0n) is 14.2. The maximum Gasteiger partial charge on any atom is 0.141 e. The second-order valence-electron chi connectivity index (χ2n) is 6.30. The molecule has 0 bridgehead atoms. The first-order chi connectivity index (χ1) is 10.6. The van der Waals surface area contributed by atoms with Crippen molar-refractivity contribution >= 4 is 0 Å². The molecule has 4 nitrogen and oxygen atoms in total. The molecule has 1 atom stereocenters. The van der Waals surface area contributed by atoms with Gasteiger partial charge in [-0.25, -0.2) is 9.67 Å². The maximum absolute atomic E-state index is 4.41. The van der Waals surface area contributed by atoms with Crippen molar-refractivity contribution < 1.29 is 0 Å². The lowest BCUT2D eigenvalue weighted by Gasteiger charge is -2.29. The van der Waals surface area contributed by atoms with Gasteiger partial charge >= 0.3 is 0 Å². The third-order valence-electron chi connectivity index (χ3n) is 4.12. The second kappa shape index (κ2) is 8.08. The molecular weight excluding hydrogens is 272 g/mol. The zero-order chi connectivity index (χ0) is 15.9. The summed E-state index contributed by atoms with van der Waals surface area (Å²) in [5.41, 5.74) is 1.38. The van der Waals surface area contributed by atoms with Crippen LogP contribution in [0.4, 0.5) is 0 Å². The van der Waals surface area contributed by atoms with Gasteiger partial charge < -0.3 is 0 Å². The first-order valence-corrected chi connectivity index (χ1v) is 8.23. The minimum absolute atomic E-state index is 0.422. The Balaban J connectivity index is 2.13. The molecule has 1 aromatic carbocycles. The van der Waals surface area contributed by atoms with Crippen LogP contribution in [0.25, 0.3) is 0 Å². The van der Waals surface area contributed by atoms with Crippen molar-refractivity contribution in [2.75, 3.05) is 7.05 Å². The fourth-order valence-corrected chi connectivity index (χ4v) is 2.82. The molecule has 0 saturated carbocycles. The van der Waals surface area contributed by atoms with E-state index >= 15 is 0 Å². The van der Waals surface area contributed by atoms with Crippen LogP contribution in [0, 0.1) is 5.92 Å². The first-order valence-electron chi connectivity index (χ1n) is 8.23. The summed E-state index contributed by atoms with van der Waals surface area (Å²) >= 11 is 0. The van der Waals surface area contributed by atoms with Crippen molar-refractivity contribution in [3.63, 3.8) is 0 Å². The molecule has 0 aliphatic rings. The largest absolute Gasteiger partial charge is 0.292 e. The number of benzene rings is 1. The van der Waals surface area contributed by atoms with Crippen LogP contribution < -0.4 is 0 Å². The van der Waals surface area contributed by atoms with Crippen LogP contribution >= 0.6 is 0 Å². The van der Waals surface area contributed by atoms with Crippen LogP contribution in [0.15, 0.2) is 36.7 Å². The van der Waals surface area contributed by atoms with E-state index < -0.39 is 0 Å². The van der Waals surface area contributed by atoms with Gasteiger partial charge in [0.25, 0.3) is 0 Å². The van der Waals surface area contributed by atoms with E-state index in [0.29, 0.717) is 6.04 Å². The van der Waals surface area contributed by atoms with Crippen LogP contribution in [0.2, 0.25) is 0 Å². The van der Waals surface area contributed by atoms with Gasteiger partial charge in [-0.15, -0.1) is 0 Å². The summed E-state index contributed by atoms with van der Waals surface area (Å²) in [5.74, 6) is 1.76. The van der Waals surface area contributed by atoms with Gasteiger partial charge in [0, 0.05) is 12.6 Å². The second-order valence-corrected chi connectivity index (χ2v) is 6.30. The number of aryl methyl sites for hydroxylation is 1. The van der Waals surface area contributed by atoms with Crippen LogP contribution in [0.3, 0.4) is 0 Å². The molecule has 0 N–H and O–H groups in total. The quantitative estimate of drug-likeness (QED) is 0.741. The van der Waals surface area contributed by atoms with E-state index in [0.717, 1.165) is 24.8 Å². The molecule has 1 heterocycles. The average molecular weight is 300 g/mol. The highest BCUT2D eigenvalue weighted by atomic mass is 15.3. The highest BCUT2D eigenvalue weighted by Gasteiger charge is 2.19. The molecule has 0 amide bonds. The molecule has 4 heteroatoms. The maximum atomic E-state index is 4.41. The molecule has 0 fully saturated rings. The molecule has 0 aliphatic carbocycles. The minimum Gasteiger partial charge on any atom is -0.292 e. The van der Waals surface area contributed by atoms with Crippen molar-refractivity contribution in [2.45, 2.75) is 52.7 Å². The smallest absolute Gasteiger partial charge is 0.141 e. The van der Waals surface area contributed by atoms with Crippen LogP contribution in [0.5, 0.6) is 0 Å². The van der Waals surface area contributed by atoms with Crippen molar-refractivity contribution in [1.29, 1.82) is 0 Å². The predicted octanol–water partition coefficient (Wildman–Crippen LogP) is 3.91. The SMILES string of the molecule is CCn1ncnc1CN(C)[C@H](CCC(C)C)c1ccccc1. The van der Waals surface area contributed by atoms with E-state index in [4.69, 9.17) is 0 Å². The number of rotatable bonds is 8. The molecule has 22 heavy (non-hydrogen) atoms. The molecule has 0 aliphatic heterocycles. The summed E-state index contributed by atoms with van der Waals surface area (Å²) in [4.78, 5) is 6.81. The van der Waals surface area contributed by atoms with Crippen molar-refractivity contribution in [2.24, 2.45) is 5.92 Å². The number of hydrogen-bond donors (Lipinski definition) is 0. The molecule has 0 saturated heterocycles. The van der Waals surface area contributed by atoms with Gasteiger partial charge in [0.05, 0.1) is 6.54 Å². The molecule has 2 rings (SSSR count). The lowest BCUT2D eigenvalue weighted by atomic mass is 9.96. The van der Waals surface area contributed by atoms with Crippen molar-refractivity contribution in [3.8, 4) is 0 Å². The summed E-state index contributed by atoms with van der Waals surface area (Å²) in [6.07, 6.45) is 4.04. The number of hydrogen-bond acceptors (Lipinski definition) is 3. The summed E-state index contributed by atoms with van der Waals surface area (Å²) in [6, 6.07) is 11.2. The van der Waals surface area contributed by atoms with Gasteiger partial charge in [0.1, 0.15) is 12.2 Å². The van der Waals surface area contributed by atoms with Crippen molar-refractivity contribution in [1.82, 2.24) is 19.7 Å². The lowest BCUT2D eigenvalue weighted by Crippen LogP contribution is -2.26. The van der Waals surface area contributed by atoms with Gasteiger partial charge in [0.15, 0.2) is 0 Å². The summed E-state index contributed by atoms with van der Waals surface area (Å²) in [5, 5.41) is 4.27. The number of aromatic nitrogens is 3. The Kier molecular flexibility index (Phi) is 6.13. The van der Waals surface area contributed by atoms with Crippen LogP contribution in [0.1, 0.15) is 51.0 Å². The Morgan fingerprint density at radius 3 is 2.50 bits per heavy atom. The third kappa shape index (κ3) is 4.41. The van der Waals surface area contributed by atoms with E-state index in [2.05, 4.69) is 73.1 Å². The monoisotopic (exact) mass is 300 g/mol. The van der Waals surface area contributed by atoms with E-state index in [1.54, 1.807) is 6.33 Å². The topological polar surface area (TPSA) is 34.0 Å². The summed E-state index contributed by atoms with van der Waals surface area (Å²) < 4.78 is 1.97. The van der Waals surface area contributed by atoms with Crippen LogP contribution in [-0.2, 0) is 13.1 Å². The Bertz CT molecular complexity index is 547. The standard InChI is InChI=1S/C18H28N4/c1-5-22-18(19-14-20-22)13-21(4)17(12-11-15(2)3)16-9-7-6-8-10-16/h6-10,14-15,17H,5,11-13H2,1-4H3/t17-/m1/s1. The van der Waals surface area contributed by atoms with E-state index in [1.165, 1.54) is 18.4 Å². The Morgan fingerprint density at radius 2 is 1.86 bits per heavy atom.